The Bertz CT molecular complexity index is 1010. The van der Waals surface area contributed by atoms with Crippen LogP contribution in [-0.4, -0.2) is 28.4 Å². The lowest BCUT2D eigenvalue weighted by Gasteiger charge is -2.29. The number of pyridine rings is 1. The van der Waals surface area contributed by atoms with Crippen LogP contribution in [0.15, 0.2) is 24.4 Å². The molecule has 1 atom stereocenters. The molecule has 0 radical (unpaired) electrons. The van der Waals surface area contributed by atoms with Gasteiger partial charge in [0.05, 0.1) is 29.5 Å². The Morgan fingerprint density at radius 2 is 2.14 bits per heavy atom. The van der Waals surface area contributed by atoms with E-state index >= 15 is 0 Å². The summed E-state index contributed by atoms with van der Waals surface area (Å²) in [4.78, 5) is 29.1. The van der Waals surface area contributed by atoms with Crippen molar-refractivity contribution in [2.45, 2.75) is 19.5 Å². The minimum absolute atomic E-state index is 0.0395. The minimum Gasteiger partial charge on any atom is -0.346 e. The van der Waals surface area contributed by atoms with Gasteiger partial charge in [-0.25, -0.2) is 18.0 Å². The summed E-state index contributed by atoms with van der Waals surface area (Å²) in [5, 5.41) is 13.6. The molecule has 3 amide bonds. The van der Waals surface area contributed by atoms with E-state index in [1.54, 1.807) is 6.07 Å². The van der Waals surface area contributed by atoms with Crippen LogP contribution in [0.2, 0.25) is 0 Å². The first-order chi connectivity index (χ1) is 13.3. The number of carbonyl (C=O) groups is 2. The molecule has 0 unspecified atom stereocenters. The molecule has 0 aliphatic carbocycles. The fraction of sp³-hybridized carbons (Fsp3) is 0.222. The number of carbonyl (C=O) groups excluding carboxylic acids is 2. The van der Waals surface area contributed by atoms with Gasteiger partial charge in [-0.2, -0.15) is 5.26 Å². The summed E-state index contributed by atoms with van der Waals surface area (Å²) in [6, 6.07) is 3.40. The van der Waals surface area contributed by atoms with E-state index in [9.17, 15) is 22.8 Å². The van der Waals surface area contributed by atoms with Gasteiger partial charge in [-0.05, 0) is 25.1 Å². The van der Waals surface area contributed by atoms with E-state index in [0.717, 1.165) is 17.0 Å². The first-order valence-electron chi connectivity index (χ1n) is 8.18. The highest BCUT2D eigenvalue weighted by atomic mass is 19.2. The summed E-state index contributed by atoms with van der Waals surface area (Å²) < 4.78 is 41.3. The summed E-state index contributed by atoms with van der Waals surface area (Å²) in [5.74, 6) is -3.56. The molecule has 144 valence electrons. The van der Waals surface area contributed by atoms with Gasteiger partial charge in [-0.1, -0.05) is 0 Å². The van der Waals surface area contributed by atoms with Crippen molar-refractivity contribution in [1.29, 1.82) is 5.26 Å². The summed E-state index contributed by atoms with van der Waals surface area (Å²) in [6.07, 6.45) is 1.17. The van der Waals surface area contributed by atoms with E-state index in [2.05, 4.69) is 15.6 Å². The largest absolute Gasteiger partial charge is 0.346 e. The SMILES string of the molecule is C[C@@H](NC(=O)CN1Cc2c(ccc(F)c2F)NC1=O)c1ncc(C#N)cc1F. The number of benzene rings is 1. The van der Waals surface area contributed by atoms with Crippen molar-refractivity contribution in [3.05, 3.63) is 58.7 Å². The van der Waals surface area contributed by atoms with E-state index in [0.29, 0.717) is 0 Å². The maximum atomic E-state index is 14.0. The Morgan fingerprint density at radius 3 is 2.82 bits per heavy atom. The highest BCUT2D eigenvalue weighted by Gasteiger charge is 2.28. The van der Waals surface area contributed by atoms with Gasteiger partial charge in [0.2, 0.25) is 5.91 Å². The van der Waals surface area contributed by atoms with Crippen LogP contribution in [-0.2, 0) is 11.3 Å². The number of fused-ring (bicyclic) bond motifs is 1. The van der Waals surface area contributed by atoms with E-state index < -0.39 is 42.0 Å². The van der Waals surface area contributed by atoms with Crippen molar-refractivity contribution in [3.8, 4) is 6.07 Å². The number of rotatable bonds is 4. The molecular formula is C18H14F3N5O2. The van der Waals surface area contributed by atoms with Crippen LogP contribution in [0.5, 0.6) is 0 Å². The van der Waals surface area contributed by atoms with Gasteiger partial charge in [-0.3, -0.25) is 9.78 Å². The summed E-state index contributed by atoms with van der Waals surface area (Å²) in [7, 11) is 0. The van der Waals surface area contributed by atoms with Crippen molar-refractivity contribution >= 4 is 17.6 Å². The molecule has 1 aliphatic heterocycles. The molecule has 0 bridgehead atoms. The molecule has 1 aromatic carbocycles. The average molecular weight is 389 g/mol. The van der Waals surface area contributed by atoms with Crippen LogP contribution in [0.25, 0.3) is 0 Å². The van der Waals surface area contributed by atoms with E-state index in [4.69, 9.17) is 5.26 Å². The molecule has 2 aromatic rings. The second-order valence-electron chi connectivity index (χ2n) is 6.17. The lowest BCUT2D eigenvalue weighted by Crippen LogP contribution is -2.45. The molecule has 1 aliphatic rings. The molecule has 2 heterocycles. The maximum absolute atomic E-state index is 14.0. The molecule has 2 N–H and O–H groups in total. The Balaban J connectivity index is 1.68. The smallest absolute Gasteiger partial charge is 0.322 e. The standard InChI is InChI=1S/C18H14F3N5O2/c1-9(17-13(20)4-10(5-22)6-23-17)24-15(27)8-26-7-11-14(25-18(26)28)3-2-12(19)16(11)21/h2-4,6,9H,7-8H2,1H3,(H,24,27)(H,25,28)/t9-/m1/s1. The van der Waals surface area contributed by atoms with Gasteiger partial charge in [0.25, 0.3) is 0 Å². The molecule has 0 fully saturated rings. The molecule has 0 saturated heterocycles. The summed E-state index contributed by atoms with van der Waals surface area (Å²) in [5.41, 5.74) is 0.0321. The molecule has 7 nitrogen and oxygen atoms in total. The van der Waals surface area contributed by atoms with Crippen LogP contribution >= 0.6 is 0 Å². The summed E-state index contributed by atoms with van der Waals surface area (Å²) >= 11 is 0. The second kappa shape index (κ2) is 7.56. The number of urea groups is 1. The van der Waals surface area contributed by atoms with Crippen LogP contribution in [0, 0.1) is 28.8 Å². The van der Waals surface area contributed by atoms with Crippen LogP contribution in [0.1, 0.15) is 29.8 Å². The Hall–Kier alpha value is -3.61. The molecular weight excluding hydrogens is 375 g/mol. The molecule has 28 heavy (non-hydrogen) atoms. The quantitative estimate of drug-likeness (QED) is 0.840. The third kappa shape index (κ3) is 3.73. The Labute approximate surface area is 157 Å². The van der Waals surface area contributed by atoms with Crippen LogP contribution in [0.4, 0.5) is 23.7 Å². The maximum Gasteiger partial charge on any atom is 0.322 e. The number of anilines is 1. The fourth-order valence-corrected chi connectivity index (χ4v) is 2.81. The zero-order chi connectivity index (χ0) is 20.4. The van der Waals surface area contributed by atoms with E-state index in [1.807, 2.05) is 0 Å². The zero-order valence-corrected chi connectivity index (χ0v) is 14.6. The highest BCUT2D eigenvalue weighted by Crippen LogP contribution is 2.27. The second-order valence-corrected chi connectivity index (χ2v) is 6.17. The molecule has 3 rings (SSSR count). The monoisotopic (exact) mass is 389 g/mol. The normalized spacial score (nSPS) is 14.0. The van der Waals surface area contributed by atoms with Gasteiger partial charge in [0, 0.05) is 11.8 Å². The van der Waals surface area contributed by atoms with Crippen molar-refractivity contribution < 1.29 is 22.8 Å². The van der Waals surface area contributed by atoms with Crippen molar-refractivity contribution in [1.82, 2.24) is 15.2 Å². The number of hydrogen-bond acceptors (Lipinski definition) is 4. The van der Waals surface area contributed by atoms with Gasteiger partial charge in [-0.15, -0.1) is 0 Å². The predicted molar refractivity (Wildman–Crippen MR) is 91.3 cm³/mol. The van der Waals surface area contributed by atoms with Gasteiger partial charge in [0.1, 0.15) is 18.4 Å². The molecule has 0 spiro atoms. The highest BCUT2D eigenvalue weighted by molar-refractivity contribution is 5.94. The first kappa shape index (κ1) is 19.2. The number of nitriles is 1. The first-order valence-corrected chi connectivity index (χ1v) is 8.18. The van der Waals surface area contributed by atoms with Crippen molar-refractivity contribution in [2.24, 2.45) is 0 Å². The zero-order valence-electron chi connectivity index (χ0n) is 14.6. The predicted octanol–water partition coefficient (Wildman–Crippen LogP) is 2.60. The third-order valence-corrected chi connectivity index (χ3v) is 4.19. The van der Waals surface area contributed by atoms with Gasteiger partial charge in [0.15, 0.2) is 11.6 Å². The Morgan fingerprint density at radius 1 is 1.39 bits per heavy atom. The van der Waals surface area contributed by atoms with Crippen LogP contribution < -0.4 is 10.6 Å². The number of nitrogens with one attached hydrogen (secondary N) is 2. The fourth-order valence-electron chi connectivity index (χ4n) is 2.81. The van der Waals surface area contributed by atoms with E-state index in [-0.39, 0.29) is 29.1 Å². The Kier molecular flexibility index (Phi) is 5.17. The van der Waals surface area contributed by atoms with Gasteiger partial charge < -0.3 is 15.5 Å². The number of aromatic nitrogens is 1. The third-order valence-electron chi connectivity index (χ3n) is 4.19. The molecule has 0 saturated carbocycles. The number of nitrogens with zero attached hydrogens (tertiary/aromatic N) is 3. The van der Waals surface area contributed by atoms with Crippen molar-refractivity contribution in [2.75, 3.05) is 11.9 Å². The molecule has 10 heteroatoms. The van der Waals surface area contributed by atoms with Gasteiger partial charge >= 0.3 is 6.03 Å². The minimum atomic E-state index is -1.10. The lowest BCUT2D eigenvalue weighted by molar-refractivity contribution is -0.122. The summed E-state index contributed by atoms with van der Waals surface area (Å²) in [6.45, 7) is 0.732. The van der Waals surface area contributed by atoms with Crippen molar-refractivity contribution in [3.63, 3.8) is 0 Å². The number of amides is 3. The molecule has 1 aromatic heterocycles. The average Bonchev–Trinajstić information content (AvgIpc) is 2.65. The van der Waals surface area contributed by atoms with Crippen LogP contribution in [0.3, 0.4) is 0 Å². The number of hydrogen-bond donors (Lipinski definition) is 2. The number of halogens is 3. The lowest BCUT2D eigenvalue weighted by atomic mass is 10.1. The topological polar surface area (TPSA) is 98.1 Å². The van der Waals surface area contributed by atoms with E-state index in [1.165, 1.54) is 19.2 Å².